The van der Waals surface area contributed by atoms with Crippen LogP contribution in [0.15, 0.2) is 24.3 Å². The summed E-state index contributed by atoms with van der Waals surface area (Å²) in [6.07, 6.45) is 0.153. The van der Waals surface area contributed by atoms with Crippen molar-refractivity contribution >= 4 is 5.91 Å². The zero-order valence-corrected chi connectivity index (χ0v) is 13.8. The number of aliphatic hydroxyl groups excluding tert-OH is 1. The van der Waals surface area contributed by atoms with Crippen LogP contribution in [0.5, 0.6) is 5.75 Å². The van der Waals surface area contributed by atoms with Crippen LogP contribution in [0.4, 0.5) is 0 Å². The first-order valence-electron chi connectivity index (χ1n) is 7.79. The Morgan fingerprint density at radius 2 is 1.95 bits per heavy atom. The molecule has 1 fully saturated rings. The van der Waals surface area contributed by atoms with Gasteiger partial charge < -0.3 is 14.7 Å². The number of rotatable bonds is 5. The topological polar surface area (TPSA) is 53.0 Å². The third-order valence-corrected chi connectivity index (χ3v) is 4.06. The highest BCUT2D eigenvalue weighted by molar-refractivity contribution is 5.82. The van der Waals surface area contributed by atoms with E-state index in [4.69, 9.17) is 4.74 Å². The molecule has 1 heterocycles. The maximum atomic E-state index is 12.1. The number of hydrogen-bond acceptors (Lipinski definition) is 4. The highest BCUT2D eigenvalue weighted by Crippen LogP contribution is 2.21. The number of ether oxygens (including phenoxy) is 1. The molecule has 1 aromatic rings. The zero-order valence-electron chi connectivity index (χ0n) is 13.8. The molecule has 0 saturated carbocycles. The Morgan fingerprint density at radius 3 is 2.50 bits per heavy atom. The van der Waals surface area contributed by atoms with Gasteiger partial charge in [-0.15, -0.1) is 0 Å². The Bertz CT molecular complexity index is 501. The summed E-state index contributed by atoms with van der Waals surface area (Å²) in [6, 6.07) is 7.69. The lowest BCUT2D eigenvalue weighted by atomic mass is 10.1. The summed E-state index contributed by atoms with van der Waals surface area (Å²) >= 11 is 0. The molecule has 1 aliphatic rings. The van der Waals surface area contributed by atoms with Crippen molar-refractivity contribution in [2.45, 2.75) is 45.5 Å². The van der Waals surface area contributed by atoms with E-state index in [-0.39, 0.29) is 30.7 Å². The molecule has 2 rings (SSSR count). The van der Waals surface area contributed by atoms with Crippen LogP contribution in [-0.4, -0.2) is 59.2 Å². The predicted octanol–water partition coefficient (Wildman–Crippen LogP) is 1.50. The van der Waals surface area contributed by atoms with Crippen LogP contribution in [0, 0.1) is 0 Å². The maximum Gasteiger partial charge on any atom is 0.239 e. The summed E-state index contributed by atoms with van der Waals surface area (Å²) in [5.41, 5.74) is 1.11. The standard InChI is InChI=1S/C17H26N2O3/c1-12(2)22-16-7-5-14(6-8-16)9-19-13(3)17(21)18(4)10-15(19)11-20/h5-8,12-13,15,20H,9-11H2,1-4H3/t13-,15+/m0/s1. The van der Waals surface area contributed by atoms with Crippen molar-refractivity contribution < 1.29 is 14.6 Å². The number of piperazine rings is 1. The van der Waals surface area contributed by atoms with Crippen molar-refractivity contribution in [3.05, 3.63) is 29.8 Å². The first-order chi connectivity index (χ1) is 10.4. The smallest absolute Gasteiger partial charge is 0.239 e. The lowest BCUT2D eigenvalue weighted by molar-refractivity contribution is -0.144. The Labute approximate surface area is 132 Å². The summed E-state index contributed by atoms with van der Waals surface area (Å²) in [5.74, 6) is 0.949. The largest absolute Gasteiger partial charge is 0.491 e. The van der Waals surface area contributed by atoms with E-state index in [1.165, 1.54) is 0 Å². The second kappa shape index (κ2) is 7.11. The van der Waals surface area contributed by atoms with Crippen molar-refractivity contribution in [1.29, 1.82) is 0 Å². The van der Waals surface area contributed by atoms with Gasteiger partial charge in [-0.2, -0.15) is 0 Å². The normalized spacial score (nSPS) is 23.2. The third kappa shape index (κ3) is 3.78. The summed E-state index contributed by atoms with van der Waals surface area (Å²) in [7, 11) is 1.79. The number of amides is 1. The van der Waals surface area contributed by atoms with Crippen molar-refractivity contribution in [2.75, 3.05) is 20.2 Å². The van der Waals surface area contributed by atoms with Crippen LogP contribution >= 0.6 is 0 Å². The van der Waals surface area contributed by atoms with Crippen LogP contribution in [0.2, 0.25) is 0 Å². The van der Waals surface area contributed by atoms with E-state index in [1.54, 1.807) is 11.9 Å². The first kappa shape index (κ1) is 16.8. The molecule has 0 unspecified atom stereocenters. The monoisotopic (exact) mass is 306 g/mol. The van der Waals surface area contributed by atoms with Crippen LogP contribution in [0.3, 0.4) is 0 Å². The third-order valence-electron chi connectivity index (χ3n) is 4.06. The first-order valence-corrected chi connectivity index (χ1v) is 7.79. The number of likely N-dealkylation sites (N-methyl/N-ethyl adjacent to an activating group) is 1. The van der Waals surface area contributed by atoms with Gasteiger partial charge >= 0.3 is 0 Å². The highest BCUT2D eigenvalue weighted by Gasteiger charge is 2.35. The van der Waals surface area contributed by atoms with E-state index < -0.39 is 0 Å². The molecule has 1 aliphatic heterocycles. The molecule has 5 heteroatoms. The van der Waals surface area contributed by atoms with E-state index in [0.29, 0.717) is 13.1 Å². The van der Waals surface area contributed by atoms with Gasteiger partial charge in [-0.05, 0) is 38.5 Å². The number of carbonyl (C=O) groups excluding carboxylic acids is 1. The van der Waals surface area contributed by atoms with Crippen molar-refractivity contribution in [2.24, 2.45) is 0 Å². The molecule has 5 nitrogen and oxygen atoms in total. The van der Waals surface area contributed by atoms with Crippen molar-refractivity contribution in [3.63, 3.8) is 0 Å². The Morgan fingerprint density at radius 1 is 1.32 bits per heavy atom. The molecule has 22 heavy (non-hydrogen) atoms. The van der Waals surface area contributed by atoms with Crippen LogP contribution < -0.4 is 4.74 Å². The van der Waals surface area contributed by atoms with E-state index in [2.05, 4.69) is 4.90 Å². The van der Waals surface area contributed by atoms with Gasteiger partial charge in [0.1, 0.15) is 5.75 Å². The Kier molecular flexibility index (Phi) is 5.42. The molecule has 2 atom stereocenters. The fourth-order valence-electron chi connectivity index (χ4n) is 2.87. The molecule has 1 amide bonds. The van der Waals surface area contributed by atoms with E-state index in [9.17, 15) is 9.90 Å². The molecule has 0 radical (unpaired) electrons. The van der Waals surface area contributed by atoms with Crippen LogP contribution in [0.25, 0.3) is 0 Å². The van der Waals surface area contributed by atoms with Crippen molar-refractivity contribution in [3.8, 4) is 5.75 Å². The molecule has 1 saturated heterocycles. The molecule has 122 valence electrons. The van der Waals surface area contributed by atoms with Gasteiger partial charge in [0, 0.05) is 20.1 Å². The van der Waals surface area contributed by atoms with Gasteiger partial charge in [0.2, 0.25) is 5.91 Å². The number of aliphatic hydroxyl groups is 1. The predicted molar refractivity (Wildman–Crippen MR) is 85.7 cm³/mol. The van der Waals surface area contributed by atoms with Gasteiger partial charge in [-0.1, -0.05) is 12.1 Å². The van der Waals surface area contributed by atoms with Gasteiger partial charge in [0.25, 0.3) is 0 Å². The van der Waals surface area contributed by atoms with Gasteiger partial charge in [-0.3, -0.25) is 9.69 Å². The zero-order chi connectivity index (χ0) is 16.3. The molecule has 0 spiro atoms. The highest BCUT2D eigenvalue weighted by atomic mass is 16.5. The summed E-state index contributed by atoms with van der Waals surface area (Å²) < 4.78 is 5.64. The molecule has 0 bridgehead atoms. The second-order valence-corrected chi connectivity index (χ2v) is 6.21. The maximum absolute atomic E-state index is 12.1. The van der Waals surface area contributed by atoms with Crippen LogP contribution in [-0.2, 0) is 11.3 Å². The molecular weight excluding hydrogens is 280 g/mol. The van der Waals surface area contributed by atoms with E-state index >= 15 is 0 Å². The van der Waals surface area contributed by atoms with Crippen molar-refractivity contribution in [1.82, 2.24) is 9.80 Å². The second-order valence-electron chi connectivity index (χ2n) is 6.21. The quantitative estimate of drug-likeness (QED) is 0.896. The molecule has 0 aliphatic carbocycles. The van der Waals surface area contributed by atoms with Gasteiger partial charge in [0.15, 0.2) is 0 Å². The lowest BCUT2D eigenvalue weighted by Crippen LogP contribution is -2.60. The number of nitrogens with zero attached hydrogens (tertiary/aromatic N) is 2. The summed E-state index contributed by atoms with van der Waals surface area (Å²) in [6.45, 7) is 7.16. The number of carbonyl (C=O) groups is 1. The van der Waals surface area contributed by atoms with Crippen LogP contribution in [0.1, 0.15) is 26.3 Å². The van der Waals surface area contributed by atoms with Gasteiger partial charge in [0.05, 0.1) is 24.8 Å². The number of hydrogen-bond donors (Lipinski definition) is 1. The van der Waals surface area contributed by atoms with E-state index in [1.807, 2.05) is 45.0 Å². The fraction of sp³-hybridized carbons (Fsp3) is 0.588. The summed E-state index contributed by atoms with van der Waals surface area (Å²) in [4.78, 5) is 15.9. The lowest BCUT2D eigenvalue weighted by Gasteiger charge is -2.43. The molecule has 0 aromatic heterocycles. The summed E-state index contributed by atoms with van der Waals surface area (Å²) in [5, 5.41) is 9.60. The average molecular weight is 306 g/mol. The average Bonchev–Trinajstić information content (AvgIpc) is 2.49. The SMILES string of the molecule is CC(C)Oc1ccc(CN2[C@@H](CO)CN(C)C(=O)[C@@H]2C)cc1. The molecule has 1 aromatic carbocycles. The minimum atomic E-state index is -0.220. The van der Waals surface area contributed by atoms with E-state index in [0.717, 1.165) is 11.3 Å². The Hall–Kier alpha value is -1.59. The fourth-order valence-corrected chi connectivity index (χ4v) is 2.87. The Balaban J connectivity index is 2.08. The molecular formula is C17H26N2O3. The van der Waals surface area contributed by atoms with Gasteiger partial charge in [-0.25, -0.2) is 0 Å². The number of benzene rings is 1. The minimum absolute atomic E-state index is 0.0238. The molecule has 1 N–H and O–H groups in total. The minimum Gasteiger partial charge on any atom is -0.491 e.